The Labute approximate surface area is 72.5 Å². The van der Waals surface area contributed by atoms with Gasteiger partial charge in [0.2, 0.25) is 0 Å². The second-order valence-corrected chi connectivity index (χ2v) is 2.47. The molecule has 64 valence electrons. The summed E-state index contributed by atoms with van der Waals surface area (Å²) in [4.78, 5) is 14.9. The minimum Gasteiger partial charge on any atom is -0.246 e. The maximum Gasteiger partial charge on any atom is 0.348 e. The Hall–Kier alpha value is -2.16. The van der Waals surface area contributed by atoms with E-state index in [0.29, 0.717) is 11.3 Å². The topological polar surface area (TPSA) is 86.8 Å². The lowest BCUT2D eigenvalue weighted by atomic mass is 10.3. The number of fused-ring (bicyclic) bond motifs is 1. The van der Waals surface area contributed by atoms with Crippen molar-refractivity contribution in [2.24, 2.45) is 0 Å². The van der Waals surface area contributed by atoms with Crippen LogP contribution in [0.25, 0.3) is 5.65 Å². The molecule has 6 heteroatoms. The Bertz CT molecular complexity index is 532. The molecule has 0 aromatic carbocycles. The Morgan fingerprint density at radius 2 is 2.54 bits per heavy atom. The third-order valence-corrected chi connectivity index (χ3v) is 1.63. The molecular formula is C7H5N5O. The van der Waals surface area contributed by atoms with Crippen molar-refractivity contribution in [3.8, 4) is 6.07 Å². The van der Waals surface area contributed by atoms with E-state index in [1.54, 1.807) is 6.07 Å². The number of rotatable bonds is 1. The molecule has 0 fully saturated rings. The van der Waals surface area contributed by atoms with Crippen LogP contribution in [0.15, 0.2) is 17.2 Å². The van der Waals surface area contributed by atoms with E-state index in [4.69, 9.17) is 5.26 Å². The van der Waals surface area contributed by atoms with Gasteiger partial charge in [-0.15, -0.1) is 0 Å². The smallest absolute Gasteiger partial charge is 0.246 e. The van der Waals surface area contributed by atoms with E-state index in [0.717, 1.165) is 0 Å². The molecule has 1 N–H and O–H groups in total. The first-order chi connectivity index (χ1) is 6.31. The molecule has 0 saturated carbocycles. The zero-order valence-corrected chi connectivity index (χ0v) is 6.56. The van der Waals surface area contributed by atoms with Gasteiger partial charge >= 0.3 is 5.69 Å². The summed E-state index contributed by atoms with van der Waals surface area (Å²) >= 11 is 0. The molecule has 13 heavy (non-hydrogen) atoms. The van der Waals surface area contributed by atoms with Gasteiger partial charge in [-0.3, -0.25) is 0 Å². The van der Waals surface area contributed by atoms with Gasteiger partial charge < -0.3 is 0 Å². The second kappa shape index (κ2) is 2.71. The summed E-state index contributed by atoms with van der Waals surface area (Å²) in [5, 5.41) is 14.4. The number of hydrogen-bond donors (Lipinski definition) is 1. The summed E-state index contributed by atoms with van der Waals surface area (Å²) in [6.45, 7) is 0. The zero-order chi connectivity index (χ0) is 9.26. The highest BCUT2D eigenvalue weighted by Gasteiger charge is 2.00. The van der Waals surface area contributed by atoms with Crippen LogP contribution in [0.4, 0.5) is 0 Å². The normalized spacial score (nSPS) is 10.1. The van der Waals surface area contributed by atoms with E-state index >= 15 is 0 Å². The molecule has 0 aliphatic carbocycles. The standard InChI is InChI=1S/C7H5N5O/c8-2-1-5-3-6-10-11-7(13)12(6)4-9-5/h3-4H,1H2,(H,11,13). The van der Waals surface area contributed by atoms with Gasteiger partial charge in [-0.2, -0.15) is 10.4 Å². The van der Waals surface area contributed by atoms with Gasteiger partial charge in [0, 0.05) is 6.07 Å². The number of nitriles is 1. The van der Waals surface area contributed by atoms with E-state index in [2.05, 4.69) is 15.2 Å². The highest BCUT2D eigenvalue weighted by molar-refractivity contribution is 5.37. The zero-order valence-electron chi connectivity index (χ0n) is 6.56. The molecule has 0 aliphatic rings. The quantitative estimate of drug-likeness (QED) is 0.632. The average molecular weight is 175 g/mol. The van der Waals surface area contributed by atoms with Crippen molar-refractivity contribution in [2.75, 3.05) is 0 Å². The van der Waals surface area contributed by atoms with E-state index in [1.807, 2.05) is 6.07 Å². The first-order valence-electron chi connectivity index (χ1n) is 3.60. The highest BCUT2D eigenvalue weighted by atomic mass is 16.1. The van der Waals surface area contributed by atoms with Crippen molar-refractivity contribution in [3.63, 3.8) is 0 Å². The van der Waals surface area contributed by atoms with Crippen molar-refractivity contribution >= 4 is 5.65 Å². The van der Waals surface area contributed by atoms with Crippen LogP contribution in [0.3, 0.4) is 0 Å². The first-order valence-corrected chi connectivity index (χ1v) is 3.60. The molecule has 6 nitrogen and oxygen atoms in total. The minimum absolute atomic E-state index is 0.220. The largest absolute Gasteiger partial charge is 0.348 e. The van der Waals surface area contributed by atoms with Crippen molar-refractivity contribution in [2.45, 2.75) is 6.42 Å². The molecule has 2 rings (SSSR count). The van der Waals surface area contributed by atoms with Crippen LogP contribution < -0.4 is 5.69 Å². The van der Waals surface area contributed by atoms with E-state index in [1.165, 1.54) is 10.7 Å². The number of H-pyrrole nitrogens is 1. The van der Waals surface area contributed by atoms with Gasteiger partial charge in [-0.25, -0.2) is 19.3 Å². The summed E-state index contributed by atoms with van der Waals surface area (Å²) in [7, 11) is 0. The molecule has 0 unspecified atom stereocenters. The van der Waals surface area contributed by atoms with Gasteiger partial charge in [0.1, 0.15) is 6.33 Å². The Balaban J connectivity index is 2.65. The fraction of sp³-hybridized carbons (Fsp3) is 0.143. The van der Waals surface area contributed by atoms with Gasteiger partial charge in [-0.05, 0) is 0 Å². The average Bonchev–Trinajstić information content (AvgIpc) is 2.48. The van der Waals surface area contributed by atoms with E-state index in [-0.39, 0.29) is 12.1 Å². The molecule has 0 aliphatic heterocycles. The Kier molecular flexibility index (Phi) is 1.56. The maximum absolute atomic E-state index is 11.0. The molecular weight excluding hydrogens is 170 g/mol. The molecule has 0 saturated heterocycles. The first kappa shape index (κ1) is 7.49. The van der Waals surface area contributed by atoms with Crippen molar-refractivity contribution < 1.29 is 0 Å². The number of nitrogens with zero attached hydrogens (tertiary/aromatic N) is 4. The summed E-state index contributed by atoms with van der Waals surface area (Å²) in [5.41, 5.74) is 0.755. The molecule has 2 aromatic rings. The number of nitrogens with one attached hydrogen (secondary N) is 1. The van der Waals surface area contributed by atoms with Gasteiger partial charge in [0.15, 0.2) is 5.65 Å². The predicted molar refractivity (Wildman–Crippen MR) is 42.9 cm³/mol. The fourth-order valence-corrected chi connectivity index (χ4v) is 1.03. The SMILES string of the molecule is N#CCc1cc2n[nH]c(=O)n2cn1. The van der Waals surface area contributed by atoms with Crippen molar-refractivity contribution in [1.29, 1.82) is 5.26 Å². The third-order valence-electron chi connectivity index (χ3n) is 1.63. The minimum atomic E-state index is -0.328. The molecule has 0 amide bonds. The van der Waals surface area contributed by atoms with Crippen molar-refractivity contribution in [3.05, 3.63) is 28.6 Å². The fourth-order valence-electron chi connectivity index (χ4n) is 1.03. The molecule has 0 radical (unpaired) electrons. The van der Waals surface area contributed by atoms with Crippen LogP contribution in [0.1, 0.15) is 5.69 Å². The summed E-state index contributed by atoms with van der Waals surface area (Å²) < 4.78 is 1.28. The highest BCUT2D eigenvalue weighted by Crippen LogP contribution is 1.98. The molecule has 2 aromatic heterocycles. The lowest BCUT2D eigenvalue weighted by Crippen LogP contribution is -2.09. The molecule has 0 spiro atoms. The van der Waals surface area contributed by atoms with Crippen LogP contribution in [-0.2, 0) is 6.42 Å². The lowest BCUT2D eigenvalue weighted by Gasteiger charge is -1.92. The van der Waals surface area contributed by atoms with Crippen LogP contribution >= 0.6 is 0 Å². The summed E-state index contributed by atoms with van der Waals surface area (Å²) in [6.07, 6.45) is 1.57. The summed E-state index contributed by atoms with van der Waals surface area (Å²) in [5.74, 6) is 0. The maximum atomic E-state index is 11.0. The third kappa shape index (κ3) is 1.16. The lowest BCUT2D eigenvalue weighted by molar-refractivity contribution is 0.972. The molecule has 2 heterocycles. The van der Waals surface area contributed by atoms with Crippen molar-refractivity contribution in [1.82, 2.24) is 19.6 Å². The second-order valence-electron chi connectivity index (χ2n) is 2.47. The van der Waals surface area contributed by atoms with Crippen LogP contribution in [0.2, 0.25) is 0 Å². The van der Waals surface area contributed by atoms with Gasteiger partial charge in [0.25, 0.3) is 0 Å². The monoisotopic (exact) mass is 175 g/mol. The van der Waals surface area contributed by atoms with Crippen LogP contribution in [0.5, 0.6) is 0 Å². The predicted octanol–water partition coefficient (Wildman–Crippen LogP) is -0.516. The van der Waals surface area contributed by atoms with Gasteiger partial charge in [-0.1, -0.05) is 0 Å². The molecule has 0 bridgehead atoms. The van der Waals surface area contributed by atoms with Crippen LogP contribution in [-0.4, -0.2) is 19.6 Å². The number of aromatic amines is 1. The number of hydrogen-bond acceptors (Lipinski definition) is 4. The molecule has 0 atom stereocenters. The van der Waals surface area contributed by atoms with Gasteiger partial charge in [0.05, 0.1) is 18.2 Å². The Morgan fingerprint density at radius 1 is 1.69 bits per heavy atom. The number of aromatic nitrogens is 4. The van der Waals surface area contributed by atoms with E-state index < -0.39 is 0 Å². The summed E-state index contributed by atoms with van der Waals surface area (Å²) in [6, 6.07) is 3.57. The van der Waals surface area contributed by atoms with E-state index in [9.17, 15) is 4.79 Å². The van der Waals surface area contributed by atoms with Crippen LogP contribution in [0, 0.1) is 11.3 Å². The Morgan fingerprint density at radius 3 is 3.31 bits per heavy atom.